The summed E-state index contributed by atoms with van der Waals surface area (Å²) < 4.78 is 45.9. The summed E-state index contributed by atoms with van der Waals surface area (Å²) in [6, 6.07) is 14.1. The van der Waals surface area contributed by atoms with E-state index in [9.17, 15) is 17.6 Å². The number of aromatic nitrogens is 1. The zero-order valence-corrected chi connectivity index (χ0v) is 18.7. The number of nitrogens with zero attached hydrogens (tertiary/aromatic N) is 2. The number of anilines is 1. The third-order valence-electron chi connectivity index (χ3n) is 4.51. The van der Waals surface area contributed by atoms with Crippen molar-refractivity contribution in [3.63, 3.8) is 0 Å². The number of pyridine rings is 1. The Morgan fingerprint density at radius 3 is 2.56 bits per heavy atom. The summed E-state index contributed by atoms with van der Waals surface area (Å²) in [7, 11) is -2.50. The molecule has 0 fully saturated rings. The second kappa shape index (κ2) is 10.5. The van der Waals surface area contributed by atoms with E-state index in [1.165, 1.54) is 25.3 Å². The first-order valence-electron chi connectivity index (χ1n) is 9.56. The van der Waals surface area contributed by atoms with E-state index < -0.39 is 15.8 Å². The summed E-state index contributed by atoms with van der Waals surface area (Å²) >= 11 is 6.17. The van der Waals surface area contributed by atoms with Crippen LogP contribution >= 0.6 is 11.6 Å². The summed E-state index contributed by atoms with van der Waals surface area (Å²) in [5.41, 5.74) is 0.966. The van der Waals surface area contributed by atoms with Gasteiger partial charge >= 0.3 is 0 Å². The third-order valence-corrected chi connectivity index (χ3v) is 6.22. The first kappa shape index (κ1) is 23.6. The number of benzene rings is 2. The van der Waals surface area contributed by atoms with Crippen LogP contribution in [0.5, 0.6) is 0 Å². The summed E-state index contributed by atoms with van der Waals surface area (Å²) in [5.74, 6) is -0.898. The Labute approximate surface area is 190 Å². The van der Waals surface area contributed by atoms with Crippen molar-refractivity contribution < 1.29 is 22.3 Å². The largest absolute Gasteiger partial charge is 0.383 e. The number of amides is 1. The summed E-state index contributed by atoms with van der Waals surface area (Å²) in [6.45, 7) is 0.879. The predicted octanol–water partition coefficient (Wildman–Crippen LogP) is 3.96. The van der Waals surface area contributed by atoms with Gasteiger partial charge in [-0.25, -0.2) is 12.8 Å². The van der Waals surface area contributed by atoms with Crippen LogP contribution in [0.1, 0.15) is 16.1 Å². The molecule has 1 amide bonds. The van der Waals surface area contributed by atoms with Crippen molar-refractivity contribution >= 4 is 33.2 Å². The van der Waals surface area contributed by atoms with Gasteiger partial charge in [0.05, 0.1) is 34.5 Å². The Morgan fingerprint density at radius 1 is 1.16 bits per heavy atom. The van der Waals surface area contributed by atoms with Crippen LogP contribution in [0.15, 0.2) is 71.8 Å². The van der Waals surface area contributed by atoms with Crippen molar-refractivity contribution in [2.45, 2.75) is 11.4 Å². The molecule has 1 N–H and O–H groups in total. The van der Waals surface area contributed by atoms with Crippen molar-refractivity contribution in [2.75, 3.05) is 25.0 Å². The molecule has 0 radical (unpaired) electrons. The number of hydrogen-bond donors (Lipinski definition) is 1. The minimum Gasteiger partial charge on any atom is -0.383 e. The highest BCUT2D eigenvalue weighted by Gasteiger charge is 2.20. The number of methoxy groups -OCH3 is 1. The number of nitrogens with one attached hydrogen (secondary N) is 1. The van der Waals surface area contributed by atoms with E-state index >= 15 is 0 Å². The Balaban J connectivity index is 1.86. The molecule has 32 heavy (non-hydrogen) atoms. The van der Waals surface area contributed by atoms with E-state index in [4.69, 9.17) is 16.3 Å². The molecule has 0 saturated carbocycles. The maximum absolute atomic E-state index is 13.2. The highest BCUT2D eigenvalue weighted by Crippen LogP contribution is 2.27. The molecule has 0 atom stereocenters. The van der Waals surface area contributed by atoms with Gasteiger partial charge in [0.15, 0.2) is 0 Å². The molecule has 3 aromatic rings. The van der Waals surface area contributed by atoms with E-state index in [0.717, 1.165) is 24.3 Å². The van der Waals surface area contributed by atoms with Gasteiger partial charge in [0.25, 0.3) is 15.9 Å². The SMILES string of the molecule is COCCN(Cc1ccccn1)C(=O)c1ccc(Cl)c(NS(=O)(=O)c2ccc(F)cc2)c1. The van der Waals surface area contributed by atoms with Crippen molar-refractivity contribution in [1.82, 2.24) is 9.88 Å². The van der Waals surface area contributed by atoms with Crippen LogP contribution in [-0.4, -0.2) is 44.5 Å². The molecule has 0 saturated heterocycles. The lowest BCUT2D eigenvalue weighted by Crippen LogP contribution is -2.33. The highest BCUT2D eigenvalue weighted by atomic mass is 35.5. The first-order chi connectivity index (χ1) is 15.3. The zero-order chi connectivity index (χ0) is 23.1. The highest BCUT2D eigenvalue weighted by molar-refractivity contribution is 7.92. The quantitative estimate of drug-likeness (QED) is 0.504. The number of carbonyl (C=O) groups is 1. The monoisotopic (exact) mass is 477 g/mol. The van der Waals surface area contributed by atoms with Crippen molar-refractivity contribution in [1.29, 1.82) is 0 Å². The molecule has 3 rings (SSSR count). The Bertz CT molecular complexity index is 1180. The average Bonchev–Trinajstić information content (AvgIpc) is 2.78. The molecule has 1 aromatic heterocycles. The molecule has 7 nitrogen and oxygen atoms in total. The number of halogens is 2. The van der Waals surface area contributed by atoms with Crippen LogP contribution in [0.3, 0.4) is 0 Å². The molecule has 0 unspecified atom stereocenters. The normalized spacial score (nSPS) is 11.2. The van der Waals surface area contributed by atoms with E-state index in [-0.39, 0.29) is 33.6 Å². The van der Waals surface area contributed by atoms with Crippen molar-refractivity contribution in [2.24, 2.45) is 0 Å². The fourth-order valence-corrected chi connectivity index (χ4v) is 4.17. The number of sulfonamides is 1. The van der Waals surface area contributed by atoms with Crippen LogP contribution in [0.4, 0.5) is 10.1 Å². The predicted molar refractivity (Wildman–Crippen MR) is 120 cm³/mol. The van der Waals surface area contributed by atoms with Gasteiger partial charge in [-0.3, -0.25) is 14.5 Å². The number of ether oxygens (including phenoxy) is 1. The van der Waals surface area contributed by atoms with E-state index in [0.29, 0.717) is 18.8 Å². The Hall–Kier alpha value is -3.01. The minimum atomic E-state index is -4.03. The van der Waals surface area contributed by atoms with Crippen LogP contribution < -0.4 is 4.72 Å². The second-order valence-electron chi connectivity index (χ2n) is 6.79. The topological polar surface area (TPSA) is 88.6 Å². The van der Waals surface area contributed by atoms with Crippen LogP contribution in [0, 0.1) is 5.82 Å². The van der Waals surface area contributed by atoms with Gasteiger partial charge in [-0.2, -0.15) is 0 Å². The van der Waals surface area contributed by atoms with Crippen LogP contribution in [-0.2, 0) is 21.3 Å². The summed E-state index contributed by atoms with van der Waals surface area (Å²) in [5, 5.41) is 0.111. The van der Waals surface area contributed by atoms with Gasteiger partial charge in [0.1, 0.15) is 5.82 Å². The number of carbonyl (C=O) groups excluding carboxylic acids is 1. The van der Waals surface area contributed by atoms with Crippen molar-refractivity contribution in [3.8, 4) is 0 Å². The molecule has 0 spiro atoms. The molecule has 168 valence electrons. The zero-order valence-electron chi connectivity index (χ0n) is 17.2. The molecular weight excluding hydrogens is 457 g/mol. The molecule has 10 heteroatoms. The van der Waals surface area contributed by atoms with Crippen molar-refractivity contribution in [3.05, 3.63) is 89.0 Å². The fraction of sp³-hybridized carbons (Fsp3) is 0.182. The lowest BCUT2D eigenvalue weighted by atomic mass is 10.1. The summed E-state index contributed by atoms with van der Waals surface area (Å²) in [6.07, 6.45) is 1.64. The lowest BCUT2D eigenvalue weighted by molar-refractivity contribution is 0.0678. The van der Waals surface area contributed by atoms with E-state index in [1.54, 1.807) is 23.2 Å². The van der Waals surface area contributed by atoms with Gasteiger partial charge in [-0.05, 0) is 54.6 Å². The summed E-state index contributed by atoms with van der Waals surface area (Å²) in [4.78, 5) is 18.8. The van der Waals surface area contributed by atoms with Gasteiger partial charge in [0, 0.05) is 25.4 Å². The lowest BCUT2D eigenvalue weighted by Gasteiger charge is -2.22. The minimum absolute atomic E-state index is 0.0337. The fourth-order valence-electron chi connectivity index (χ4n) is 2.88. The van der Waals surface area contributed by atoms with Gasteiger partial charge in [-0.15, -0.1) is 0 Å². The second-order valence-corrected chi connectivity index (χ2v) is 8.88. The number of rotatable bonds is 9. The van der Waals surface area contributed by atoms with Crippen LogP contribution in [0.2, 0.25) is 5.02 Å². The maximum Gasteiger partial charge on any atom is 0.261 e. The van der Waals surface area contributed by atoms with Gasteiger partial charge in [-0.1, -0.05) is 17.7 Å². The van der Waals surface area contributed by atoms with Gasteiger partial charge in [0.2, 0.25) is 0 Å². The smallest absolute Gasteiger partial charge is 0.261 e. The van der Waals surface area contributed by atoms with E-state index in [2.05, 4.69) is 9.71 Å². The average molecular weight is 478 g/mol. The molecule has 0 aliphatic heterocycles. The molecule has 0 bridgehead atoms. The standard InChI is InChI=1S/C22H21ClFN3O4S/c1-31-13-12-27(15-18-4-2-3-11-25-18)22(28)16-5-10-20(23)21(14-16)26-32(29,30)19-8-6-17(24)7-9-19/h2-11,14,26H,12-13,15H2,1H3. The van der Waals surface area contributed by atoms with Gasteiger partial charge < -0.3 is 9.64 Å². The van der Waals surface area contributed by atoms with Crippen LogP contribution in [0.25, 0.3) is 0 Å². The Morgan fingerprint density at radius 2 is 1.91 bits per heavy atom. The molecule has 1 heterocycles. The first-order valence-corrected chi connectivity index (χ1v) is 11.4. The Kier molecular flexibility index (Phi) is 7.79. The maximum atomic E-state index is 13.2. The molecular formula is C22H21ClFN3O4S. The number of hydrogen-bond acceptors (Lipinski definition) is 5. The molecule has 2 aromatic carbocycles. The third kappa shape index (κ3) is 6.03. The molecule has 0 aliphatic carbocycles. The van der Waals surface area contributed by atoms with E-state index in [1.807, 2.05) is 6.07 Å². The molecule has 0 aliphatic rings.